The molecule has 0 spiro atoms. The Hall–Kier alpha value is -0.370. The highest BCUT2D eigenvalue weighted by molar-refractivity contribution is 5.59. The van der Waals surface area contributed by atoms with Gasteiger partial charge in [0.1, 0.15) is 6.29 Å². The Bertz CT molecular complexity index is 229. The molecule has 0 aromatic heterocycles. The van der Waals surface area contributed by atoms with Crippen molar-refractivity contribution in [2.24, 2.45) is 5.41 Å². The largest absolute Gasteiger partial charge is 0.303 e. The van der Waals surface area contributed by atoms with E-state index in [0.717, 1.165) is 19.4 Å². The average molecular weight is 225 g/mol. The van der Waals surface area contributed by atoms with Crippen LogP contribution in [0.1, 0.15) is 59.8 Å². The molecule has 1 fully saturated rings. The molecular formula is C14H27NO. The minimum Gasteiger partial charge on any atom is -0.303 e. The second kappa shape index (κ2) is 5.81. The van der Waals surface area contributed by atoms with Crippen LogP contribution in [0.25, 0.3) is 0 Å². The van der Waals surface area contributed by atoms with E-state index in [4.69, 9.17) is 0 Å². The highest BCUT2D eigenvalue weighted by Crippen LogP contribution is 2.31. The fraction of sp³-hybridized carbons (Fsp3) is 0.929. The van der Waals surface area contributed by atoms with Crippen molar-refractivity contribution < 1.29 is 4.79 Å². The second-order valence-electron chi connectivity index (χ2n) is 5.68. The number of aldehydes is 1. The van der Waals surface area contributed by atoms with Crippen LogP contribution in [-0.2, 0) is 4.79 Å². The van der Waals surface area contributed by atoms with Gasteiger partial charge in [-0.25, -0.2) is 0 Å². The Morgan fingerprint density at radius 2 is 2.06 bits per heavy atom. The van der Waals surface area contributed by atoms with Gasteiger partial charge in [0, 0.05) is 24.0 Å². The summed E-state index contributed by atoms with van der Waals surface area (Å²) in [6.07, 6.45) is 7.09. The van der Waals surface area contributed by atoms with Crippen molar-refractivity contribution in [3.8, 4) is 0 Å². The monoisotopic (exact) mass is 225 g/mol. The lowest BCUT2D eigenvalue weighted by Crippen LogP contribution is -2.43. The molecule has 94 valence electrons. The fourth-order valence-corrected chi connectivity index (χ4v) is 3.01. The van der Waals surface area contributed by atoms with Crippen molar-refractivity contribution >= 4 is 6.29 Å². The molecule has 16 heavy (non-hydrogen) atoms. The Morgan fingerprint density at radius 3 is 2.56 bits per heavy atom. The van der Waals surface area contributed by atoms with Crippen LogP contribution in [0.3, 0.4) is 0 Å². The molecule has 1 rings (SSSR count). The topological polar surface area (TPSA) is 20.3 Å². The first-order valence-electron chi connectivity index (χ1n) is 6.78. The number of hydrogen-bond donors (Lipinski definition) is 0. The standard InChI is InChI=1S/C14H27NO/c1-5-9-14(4,11-16)10-15-12(3)7-8-13(15)6-2/h11-13H,5-10H2,1-4H3. The minimum atomic E-state index is -0.138. The maximum absolute atomic E-state index is 11.3. The van der Waals surface area contributed by atoms with Gasteiger partial charge >= 0.3 is 0 Å². The second-order valence-corrected chi connectivity index (χ2v) is 5.68. The molecule has 0 amide bonds. The Morgan fingerprint density at radius 1 is 1.38 bits per heavy atom. The van der Waals surface area contributed by atoms with Gasteiger partial charge in [0.05, 0.1) is 0 Å². The van der Waals surface area contributed by atoms with Gasteiger partial charge < -0.3 is 4.79 Å². The predicted molar refractivity (Wildman–Crippen MR) is 68.6 cm³/mol. The zero-order valence-corrected chi connectivity index (χ0v) is 11.3. The maximum atomic E-state index is 11.3. The fourth-order valence-electron chi connectivity index (χ4n) is 3.01. The molecule has 0 radical (unpaired) electrons. The number of likely N-dealkylation sites (tertiary alicyclic amines) is 1. The van der Waals surface area contributed by atoms with E-state index in [0.29, 0.717) is 12.1 Å². The van der Waals surface area contributed by atoms with Crippen molar-refractivity contribution in [2.75, 3.05) is 6.54 Å². The number of nitrogens with zero attached hydrogens (tertiary/aromatic N) is 1. The van der Waals surface area contributed by atoms with Crippen LogP contribution < -0.4 is 0 Å². The van der Waals surface area contributed by atoms with E-state index in [1.54, 1.807) is 0 Å². The van der Waals surface area contributed by atoms with Gasteiger partial charge in [-0.1, -0.05) is 27.2 Å². The lowest BCUT2D eigenvalue weighted by molar-refractivity contribution is -0.117. The lowest BCUT2D eigenvalue weighted by Gasteiger charge is -2.35. The van der Waals surface area contributed by atoms with E-state index < -0.39 is 0 Å². The normalized spacial score (nSPS) is 30.2. The average Bonchev–Trinajstić information content (AvgIpc) is 2.60. The summed E-state index contributed by atoms with van der Waals surface area (Å²) in [6.45, 7) is 9.78. The van der Waals surface area contributed by atoms with E-state index in [2.05, 4.69) is 32.6 Å². The van der Waals surface area contributed by atoms with E-state index in [1.807, 2.05) is 0 Å². The summed E-state index contributed by atoms with van der Waals surface area (Å²) in [6, 6.07) is 1.35. The number of rotatable bonds is 6. The number of hydrogen-bond acceptors (Lipinski definition) is 2. The third-order valence-corrected chi connectivity index (χ3v) is 4.07. The molecule has 1 saturated heterocycles. The molecule has 1 aliphatic heterocycles. The molecule has 3 unspecified atom stereocenters. The third-order valence-electron chi connectivity index (χ3n) is 4.07. The van der Waals surface area contributed by atoms with Crippen molar-refractivity contribution in [3.05, 3.63) is 0 Å². The molecule has 0 bridgehead atoms. The first kappa shape index (κ1) is 13.7. The summed E-state index contributed by atoms with van der Waals surface area (Å²) in [5.41, 5.74) is -0.138. The van der Waals surface area contributed by atoms with Crippen LogP contribution >= 0.6 is 0 Å². The van der Waals surface area contributed by atoms with Crippen LogP contribution in [0.2, 0.25) is 0 Å². The summed E-state index contributed by atoms with van der Waals surface area (Å²) in [5, 5.41) is 0. The minimum absolute atomic E-state index is 0.138. The summed E-state index contributed by atoms with van der Waals surface area (Å²) in [7, 11) is 0. The summed E-state index contributed by atoms with van der Waals surface area (Å²) >= 11 is 0. The van der Waals surface area contributed by atoms with Gasteiger partial charge in [-0.15, -0.1) is 0 Å². The molecule has 0 saturated carbocycles. The van der Waals surface area contributed by atoms with Crippen molar-refractivity contribution in [1.82, 2.24) is 4.90 Å². The van der Waals surface area contributed by atoms with Crippen molar-refractivity contribution in [1.29, 1.82) is 0 Å². The smallest absolute Gasteiger partial charge is 0.127 e. The molecule has 0 aliphatic carbocycles. The van der Waals surface area contributed by atoms with Crippen LogP contribution in [-0.4, -0.2) is 29.8 Å². The van der Waals surface area contributed by atoms with Gasteiger partial charge in [0.25, 0.3) is 0 Å². The first-order valence-corrected chi connectivity index (χ1v) is 6.78. The van der Waals surface area contributed by atoms with Gasteiger partial charge in [0.2, 0.25) is 0 Å². The number of carbonyl (C=O) groups is 1. The summed E-state index contributed by atoms with van der Waals surface area (Å²) in [5.74, 6) is 0. The van der Waals surface area contributed by atoms with E-state index in [1.165, 1.54) is 25.5 Å². The van der Waals surface area contributed by atoms with Gasteiger partial charge in [-0.2, -0.15) is 0 Å². The first-order chi connectivity index (χ1) is 7.56. The maximum Gasteiger partial charge on any atom is 0.127 e. The lowest BCUT2D eigenvalue weighted by atomic mass is 9.86. The highest BCUT2D eigenvalue weighted by atomic mass is 16.1. The zero-order chi connectivity index (χ0) is 12.2. The van der Waals surface area contributed by atoms with Crippen LogP contribution in [0, 0.1) is 5.41 Å². The van der Waals surface area contributed by atoms with Crippen LogP contribution in [0.4, 0.5) is 0 Å². The summed E-state index contributed by atoms with van der Waals surface area (Å²) in [4.78, 5) is 13.8. The van der Waals surface area contributed by atoms with E-state index in [-0.39, 0.29) is 5.41 Å². The van der Waals surface area contributed by atoms with Crippen molar-refractivity contribution in [2.45, 2.75) is 71.9 Å². The molecule has 1 aliphatic rings. The van der Waals surface area contributed by atoms with Crippen LogP contribution in [0.5, 0.6) is 0 Å². The number of carbonyl (C=O) groups excluding carboxylic acids is 1. The Balaban J connectivity index is 2.65. The SMILES string of the molecule is CCCC(C)(C=O)CN1C(C)CCC1CC. The summed E-state index contributed by atoms with van der Waals surface area (Å²) < 4.78 is 0. The zero-order valence-electron chi connectivity index (χ0n) is 11.3. The molecule has 0 aromatic rings. The molecular weight excluding hydrogens is 198 g/mol. The molecule has 3 atom stereocenters. The van der Waals surface area contributed by atoms with Crippen LogP contribution in [0.15, 0.2) is 0 Å². The van der Waals surface area contributed by atoms with Gasteiger partial charge in [0.15, 0.2) is 0 Å². The van der Waals surface area contributed by atoms with Crippen molar-refractivity contribution in [3.63, 3.8) is 0 Å². The highest BCUT2D eigenvalue weighted by Gasteiger charge is 2.35. The predicted octanol–water partition coefficient (Wildman–Crippen LogP) is 3.25. The van der Waals surface area contributed by atoms with Gasteiger partial charge in [-0.3, -0.25) is 4.90 Å². The molecule has 2 nitrogen and oxygen atoms in total. The Labute approximate surface area is 100 Å². The molecule has 0 N–H and O–H groups in total. The van der Waals surface area contributed by atoms with Gasteiger partial charge in [-0.05, 0) is 32.6 Å². The molecule has 2 heteroatoms. The van der Waals surface area contributed by atoms with E-state index in [9.17, 15) is 4.79 Å². The molecule has 1 heterocycles. The quantitative estimate of drug-likeness (QED) is 0.647. The Kier molecular flexibility index (Phi) is 4.97. The van der Waals surface area contributed by atoms with E-state index >= 15 is 0 Å². The molecule has 0 aromatic carbocycles. The third kappa shape index (κ3) is 3.07.